The van der Waals surface area contributed by atoms with Crippen LogP contribution in [0, 0.1) is 10.1 Å². The van der Waals surface area contributed by atoms with Gasteiger partial charge in [0.1, 0.15) is 0 Å². The molecule has 0 radical (unpaired) electrons. The molecule has 1 rings (SSSR count). The summed E-state index contributed by atoms with van der Waals surface area (Å²) in [5, 5.41) is 13.0. The number of benzene rings is 1. The molecule has 0 heterocycles. The summed E-state index contributed by atoms with van der Waals surface area (Å²) in [6, 6.07) is 5.13. The highest BCUT2D eigenvalue weighted by Gasteiger charge is 2.12. The topological polar surface area (TPSA) is 98.3 Å². The van der Waals surface area contributed by atoms with E-state index >= 15 is 0 Å². The quantitative estimate of drug-likeness (QED) is 0.593. The van der Waals surface area contributed by atoms with Crippen LogP contribution in [-0.2, 0) is 4.79 Å². The molecule has 0 saturated carbocycles. The minimum absolute atomic E-state index is 0.0668. The summed E-state index contributed by atoms with van der Waals surface area (Å²) < 4.78 is 0. The molecule has 6 heteroatoms. The van der Waals surface area contributed by atoms with Crippen LogP contribution in [0.25, 0.3) is 0 Å². The van der Waals surface area contributed by atoms with Crippen LogP contribution in [0.1, 0.15) is 13.3 Å². The maximum atomic E-state index is 11.4. The third-order valence-electron chi connectivity index (χ3n) is 2.10. The second-order valence-electron chi connectivity index (χ2n) is 3.31. The van der Waals surface area contributed by atoms with Gasteiger partial charge >= 0.3 is 0 Å². The summed E-state index contributed by atoms with van der Waals surface area (Å²) in [7, 11) is 0. The first-order chi connectivity index (χ1) is 7.54. The number of anilines is 1. The Balaban J connectivity index is 2.78. The van der Waals surface area contributed by atoms with E-state index in [1.807, 2.05) is 0 Å². The van der Waals surface area contributed by atoms with E-state index in [2.05, 4.69) is 5.32 Å². The summed E-state index contributed by atoms with van der Waals surface area (Å²) >= 11 is 0. The number of nitro groups is 1. The van der Waals surface area contributed by atoms with E-state index in [0.717, 1.165) is 0 Å². The fraction of sp³-hybridized carbons (Fsp3) is 0.300. The summed E-state index contributed by atoms with van der Waals surface area (Å²) in [6.45, 7) is 1.79. The molecule has 1 amide bonds. The van der Waals surface area contributed by atoms with Crippen molar-refractivity contribution in [1.29, 1.82) is 0 Å². The van der Waals surface area contributed by atoms with Crippen LogP contribution in [0.3, 0.4) is 0 Å². The van der Waals surface area contributed by atoms with Gasteiger partial charge in [0, 0.05) is 17.8 Å². The predicted molar refractivity (Wildman–Crippen MR) is 60.0 cm³/mol. The van der Waals surface area contributed by atoms with Gasteiger partial charge < -0.3 is 11.1 Å². The average Bonchev–Trinajstić information content (AvgIpc) is 2.28. The number of nitrogens with two attached hydrogens (primary N) is 1. The van der Waals surface area contributed by atoms with Gasteiger partial charge in [0.25, 0.3) is 5.69 Å². The predicted octanol–water partition coefficient (Wildman–Crippen LogP) is 1.27. The van der Waals surface area contributed by atoms with Gasteiger partial charge in [-0.25, -0.2) is 0 Å². The van der Waals surface area contributed by atoms with Crippen molar-refractivity contribution in [3.63, 3.8) is 0 Å². The number of hydrogen-bond acceptors (Lipinski definition) is 4. The molecule has 1 atom stereocenters. The normalized spacial score (nSPS) is 11.9. The van der Waals surface area contributed by atoms with E-state index in [4.69, 9.17) is 5.73 Å². The van der Waals surface area contributed by atoms with E-state index in [9.17, 15) is 14.9 Å². The third kappa shape index (κ3) is 3.03. The lowest BCUT2D eigenvalue weighted by Gasteiger charge is -2.09. The Morgan fingerprint density at radius 1 is 1.62 bits per heavy atom. The van der Waals surface area contributed by atoms with Crippen molar-refractivity contribution in [3.8, 4) is 0 Å². The molecule has 0 aliphatic heterocycles. The Labute approximate surface area is 92.6 Å². The fourth-order valence-electron chi connectivity index (χ4n) is 1.12. The Hall–Kier alpha value is -1.95. The first-order valence-corrected chi connectivity index (χ1v) is 4.85. The number of nitrogens with one attached hydrogen (secondary N) is 1. The molecule has 6 nitrogen and oxygen atoms in total. The van der Waals surface area contributed by atoms with E-state index in [0.29, 0.717) is 12.1 Å². The molecule has 1 aromatic rings. The van der Waals surface area contributed by atoms with Crippen LogP contribution in [0.4, 0.5) is 11.4 Å². The van der Waals surface area contributed by atoms with Crippen LogP contribution in [0.5, 0.6) is 0 Å². The molecule has 86 valence electrons. The average molecular weight is 223 g/mol. The molecule has 3 N–H and O–H groups in total. The summed E-state index contributed by atoms with van der Waals surface area (Å²) in [5.74, 6) is -0.344. The standard InChI is InChI=1S/C10H13N3O3/c1-2-9(11)10(14)12-7-4-3-5-8(6-7)13(15)16/h3-6,9H,2,11H2,1H3,(H,12,14)/t9-/m1/s1. The highest BCUT2D eigenvalue weighted by molar-refractivity contribution is 5.94. The number of rotatable bonds is 4. The van der Waals surface area contributed by atoms with Crippen LogP contribution >= 0.6 is 0 Å². The number of carbonyl (C=O) groups excluding carboxylic acids is 1. The molecular formula is C10H13N3O3. The summed E-state index contributed by atoms with van der Waals surface area (Å²) in [5.41, 5.74) is 5.83. The van der Waals surface area contributed by atoms with Gasteiger partial charge in [0.15, 0.2) is 0 Å². The number of nitrogens with zero attached hydrogens (tertiary/aromatic N) is 1. The zero-order valence-corrected chi connectivity index (χ0v) is 8.84. The van der Waals surface area contributed by atoms with Crippen molar-refractivity contribution in [2.45, 2.75) is 19.4 Å². The zero-order valence-electron chi connectivity index (χ0n) is 8.84. The van der Waals surface area contributed by atoms with Crippen LogP contribution < -0.4 is 11.1 Å². The SMILES string of the molecule is CC[C@@H](N)C(=O)Nc1cccc([N+](=O)[O-])c1. The number of carbonyl (C=O) groups is 1. The lowest BCUT2D eigenvalue weighted by Crippen LogP contribution is -2.34. The Morgan fingerprint density at radius 3 is 2.88 bits per heavy atom. The van der Waals surface area contributed by atoms with Crippen molar-refractivity contribution in [1.82, 2.24) is 0 Å². The second-order valence-corrected chi connectivity index (χ2v) is 3.31. The maximum absolute atomic E-state index is 11.4. The van der Waals surface area contributed by atoms with Crippen molar-refractivity contribution in [2.24, 2.45) is 5.73 Å². The molecule has 0 saturated heterocycles. The van der Waals surface area contributed by atoms with E-state index in [1.165, 1.54) is 18.2 Å². The molecule has 0 aliphatic carbocycles. The minimum atomic E-state index is -0.598. The Kier molecular flexibility index (Phi) is 3.96. The van der Waals surface area contributed by atoms with Gasteiger partial charge in [-0.1, -0.05) is 13.0 Å². The number of hydrogen-bond donors (Lipinski definition) is 2. The highest BCUT2D eigenvalue weighted by atomic mass is 16.6. The molecule has 0 aliphatic rings. The maximum Gasteiger partial charge on any atom is 0.271 e. The van der Waals surface area contributed by atoms with Gasteiger partial charge in [-0.2, -0.15) is 0 Å². The smallest absolute Gasteiger partial charge is 0.271 e. The number of non-ortho nitro benzene ring substituents is 1. The molecule has 0 fully saturated rings. The molecule has 0 bridgehead atoms. The van der Waals surface area contributed by atoms with Gasteiger partial charge in [0.05, 0.1) is 11.0 Å². The first-order valence-electron chi connectivity index (χ1n) is 4.85. The van der Waals surface area contributed by atoms with Gasteiger partial charge in [-0.15, -0.1) is 0 Å². The molecular weight excluding hydrogens is 210 g/mol. The van der Waals surface area contributed by atoms with Crippen molar-refractivity contribution in [3.05, 3.63) is 34.4 Å². The van der Waals surface area contributed by atoms with Crippen LogP contribution in [-0.4, -0.2) is 16.9 Å². The Bertz CT molecular complexity index is 406. The van der Waals surface area contributed by atoms with Gasteiger partial charge in [-0.3, -0.25) is 14.9 Å². The molecule has 1 aromatic carbocycles. The monoisotopic (exact) mass is 223 g/mol. The lowest BCUT2D eigenvalue weighted by atomic mass is 10.2. The summed E-state index contributed by atoms with van der Waals surface area (Å²) in [6.07, 6.45) is 0.515. The molecule has 0 unspecified atom stereocenters. The first kappa shape index (κ1) is 12.1. The number of nitro benzene ring substituents is 1. The summed E-state index contributed by atoms with van der Waals surface area (Å²) in [4.78, 5) is 21.4. The van der Waals surface area contributed by atoms with E-state index in [-0.39, 0.29) is 11.6 Å². The molecule has 0 aromatic heterocycles. The van der Waals surface area contributed by atoms with Crippen LogP contribution in [0.2, 0.25) is 0 Å². The molecule has 0 spiro atoms. The van der Waals surface area contributed by atoms with Crippen LogP contribution in [0.15, 0.2) is 24.3 Å². The fourth-order valence-corrected chi connectivity index (χ4v) is 1.12. The third-order valence-corrected chi connectivity index (χ3v) is 2.10. The number of amides is 1. The largest absolute Gasteiger partial charge is 0.324 e. The zero-order chi connectivity index (χ0) is 12.1. The van der Waals surface area contributed by atoms with Crippen molar-refractivity contribution >= 4 is 17.3 Å². The van der Waals surface area contributed by atoms with Crippen molar-refractivity contribution in [2.75, 3.05) is 5.32 Å². The van der Waals surface area contributed by atoms with E-state index < -0.39 is 11.0 Å². The lowest BCUT2D eigenvalue weighted by molar-refractivity contribution is -0.384. The Morgan fingerprint density at radius 2 is 2.31 bits per heavy atom. The highest BCUT2D eigenvalue weighted by Crippen LogP contribution is 2.17. The minimum Gasteiger partial charge on any atom is -0.324 e. The van der Waals surface area contributed by atoms with Gasteiger partial charge in [-0.05, 0) is 12.5 Å². The van der Waals surface area contributed by atoms with E-state index in [1.54, 1.807) is 13.0 Å². The molecule has 16 heavy (non-hydrogen) atoms. The van der Waals surface area contributed by atoms with Crippen molar-refractivity contribution < 1.29 is 9.72 Å². The second kappa shape index (κ2) is 5.22. The van der Waals surface area contributed by atoms with Gasteiger partial charge in [0.2, 0.25) is 5.91 Å².